The number of carbonyl (C=O) groups excluding carboxylic acids is 1. The summed E-state index contributed by atoms with van der Waals surface area (Å²) in [5, 5.41) is 4.39. The molecule has 1 fully saturated rings. The molecule has 0 radical (unpaired) electrons. The molecule has 0 saturated carbocycles. The molecule has 2 heterocycles. The number of pyridine rings is 1. The molecule has 3 aromatic rings. The minimum absolute atomic E-state index is 0.224. The van der Waals surface area contributed by atoms with Crippen LogP contribution in [0.3, 0.4) is 0 Å². The zero-order chi connectivity index (χ0) is 22.0. The smallest absolute Gasteiger partial charge is 0.243 e. The lowest BCUT2D eigenvalue weighted by atomic mass is 10.1. The average molecular weight is 439 g/mol. The molecule has 8 heteroatoms. The van der Waals surface area contributed by atoms with Crippen molar-refractivity contribution in [2.75, 3.05) is 13.1 Å². The highest BCUT2D eigenvalue weighted by Gasteiger charge is 2.34. The molecule has 1 aromatic heterocycles. The second-order valence-electron chi connectivity index (χ2n) is 7.96. The lowest BCUT2D eigenvalue weighted by Gasteiger charge is -2.19. The van der Waals surface area contributed by atoms with E-state index < -0.39 is 16.1 Å². The van der Waals surface area contributed by atoms with Crippen molar-refractivity contribution in [3.05, 3.63) is 72.1 Å². The molecule has 3 N–H and O–H groups in total. The first-order chi connectivity index (χ1) is 14.9. The summed E-state index contributed by atoms with van der Waals surface area (Å²) >= 11 is 0. The van der Waals surface area contributed by atoms with Crippen molar-refractivity contribution in [1.29, 1.82) is 0 Å². The summed E-state index contributed by atoms with van der Waals surface area (Å²) in [6, 6.07) is 13.9. The normalized spacial score (nSPS) is 18.2. The number of nitrogens with one attached hydrogen (secondary N) is 1. The van der Waals surface area contributed by atoms with Gasteiger partial charge in [-0.3, -0.25) is 9.78 Å². The second-order valence-corrected chi connectivity index (χ2v) is 9.87. The maximum atomic E-state index is 13.3. The van der Waals surface area contributed by atoms with Crippen LogP contribution in [0.5, 0.6) is 0 Å². The van der Waals surface area contributed by atoms with Crippen LogP contribution in [0.4, 0.5) is 0 Å². The van der Waals surface area contributed by atoms with Gasteiger partial charge in [-0.2, -0.15) is 4.31 Å². The van der Waals surface area contributed by atoms with Gasteiger partial charge in [-0.1, -0.05) is 42.5 Å². The Bertz CT molecular complexity index is 1200. The second kappa shape index (κ2) is 8.74. The number of fused-ring (bicyclic) bond motifs is 1. The summed E-state index contributed by atoms with van der Waals surface area (Å²) in [4.78, 5) is 16.9. The molecule has 7 nitrogen and oxygen atoms in total. The van der Waals surface area contributed by atoms with Crippen LogP contribution in [-0.4, -0.2) is 48.8 Å². The van der Waals surface area contributed by atoms with Crippen LogP contribution in [0.2, 0.25) is 0 Å². The number of aryl methyl sites for hydroxylation is 1. The third kappa shape index (κ3) is 4.46. The van der Waals surface area contributed by atoms with Gasteiger partial charge in [0.05, 0.1) is 10.9 Å². The molecule has 2 aromatic carbocycles. The molecule has 1 saturated heterocycles. The Morgan fingerprint density at radius 2 is 1.94 bits per heavy atom. The van der Waals surface area contributed by atoms with E-state index in [9.17, 15) is 13.2 Å². The van der Waals surface area contributed by atoms with E-state index in [-0.39, 0.29) is 23.4 Å². The predicted octanol–water partition coefficient (Wildman–Crippen LogP) is 1.99. The number of rotatable bonds is 6. The van der Waals surface area contributed by atoms with E-state index in [1.807, 2.05) is 43.3 Å². The quantitative estimate of drug-likeness (QED) is 0.612. The van der Waals surface area contributed by atoms with Gasteiger partial charge in [-0.25, -0.2) is 8.42 Å². The van der Waals surface area contributed by atoms with Crippen LogP contribution in [-0.2, 0) is 21.2 Å². The Balaban J connectivity index is 1.45. The molecular weight excluding hydrogens is 412 g/mol. The summed E-state index contributed by atoms with van der Waals surface area (Å²) < 4.78 is 28.1. The van der Waals surface area contributed by atoms with Crippen LogP contribution in [0, 0.1) is 6.92 Å². The Morgan fingerprint density at radius 1 is 1.16 bits per heavy atom. The topological polar surface area (TPSA) is 105 Å². The highest BCUT2D eigenvalue weighted by atomic mass is 32.2. The van der Waals surface area contributed by atoms with Crippen LogP contribution in [0.1, 0.15) is 17.5 Å². The van der Waals surface area contributed by atoms with Crippen molar-refractivity contribution in [1.82, 2.24) is 14.6 Å². The monoisotopic (exact) mass is 438 g/mol. The molecule has 1 aliphatic heterocycles. The van der Waals surface area contributed by atoms with Gasteiger partial charge in [-0.15, -0.1) is 0 Å². The molecule has 2 atom stereocenters. The summed E-state index contributed by atoms with van der Waals surface area (Å²) in [7, 11) is -3.71. The number of sulfonamides is 1. The zero-order valence-corrected chi connectivity index (χ0v) is 18.2. The number of hydrogen-bond acceptors (Lipinski definition) is 5. The van der Waals surface area contributed by atoms with Gasteiger partial charge in [0.25, 0.3) is 0 Å². The summed E-state index contributed by atoms with van der Waals surface area (Å²) in [6.07, 6.45) is 4.29. The molecule has 0 spiro atoms. The number of carbonyl (C=O) groups is 1. The van der Waals surface area contributed by atoms with E-state index in [2.05, 4.69) is 10.3 Å². The fraction of sp³-hybridized carbons (Fsp3) is 0.304. The van der Waals surface area contributed by atoms with Crippen molar-refractivity contribution in [3.8, 4) is 0 Å². The average Bonchev–Trinajstić information content (AvgIpc) is 3.24. The third-order valence-corrected chi connectivity index (χ3v) is 7.64. The number of nitrogens with zero attached hydrogens (tertiary/aromatic N) is 2. The lowest BCUT2D eigenvalue weighted by molar-refractivity contribution is -0.122. The van der Waals surface area contributed by atoms with Crippen molar-refractivity contribution >= 4 is 26.7 Å². The number of amides is 1. The Labute approximate surface area is 182 Å². The Kier molecular flexibility index (Phi) is 6.04. The van der Waals surface area contributed by atoms with Crippen LogP contribution >= 0.6 is 0 Å². The summed E-state index contributed by atoms with van der Waals surface area (Å²) in [5.41, 5.74) is 7.98. The molecule has 1 aliphatic rings. The van der Waals surface area contributed by atoms with Crippen LogP contribution in [0.25, 0.3) is 10.8 Å². The fourth-order valence-corrected chi connectivity index (χ4v) is 5.70. The maximum Gasteiger partial charge on any atom is 0.243 e. The van der Waals surface area contributed by atoms with E-state index in [4.69, 9.17) is 5.73 Å². The van der Waals surface area contributed by atoms with E-state index in [1.165, 1.54) is 4.31 Å². The van der Waals surface area contributed by atoms with Crippen molar-refractivity contribution in [2.24, 2.45) is 5.73 Å². The molecule has 4 rings (SSSR count). The largest absolute Gasteiger partial charge is 0.351 e. The molecule has 0 bridgehead atoms. The van der Waals surface area contributed by atoms with Crippen molar-refractivity contribution < 1.29 is 13.2 Å². The van der Waals surface area contributed by atoms with Gasteiger partial charge in [0, 0.05) is 36.9 Å². The molecule has 0 aliphatic carbocycles. The molecule has 1 amide bonds. The van der Waals surface area contributed by atoms with E-state index in [1.54, 1.807) is 24.5 Å². The van der Waals surface area contributed by atoms with E-state index >= 15 is 0 Å². The molecule has 0 unspecified atom stereocenters. The molecule has 31 heavy (non-hydrogen) atoms. The highest BCUT2D eigenvalue weighted by Crippen LogP contribution is 2.28. The van der Waals surface area contributed by atoms with E-state index in [0.29, 0.717) is 24.8 Å². The fourth-order valence-electron chi connectivity index (χ4n) is 4.01. The van der Waals surface area contributed by atoms with Gasteiger partial charge < -0.3 is 11.1 Å². The lowest BCUT2D eigenvalue weighted by Crippen LogP contribution is -2.47. The number of benzene rings is 2. The van der Waals surface area contributed by atoms with Gasteiger partial charge in [0.1, 0.15) is 0 Å². The van der Waals surface area contributed by atoms with Crippen molar-refractivity contribution in [3.63, 3.8) is 0 Å². The molecular formula is C23H26N4O3S. The first kappa shape index (κ1) is 21.4. The minimum atomic E-state index is -3.71. The van der Waals surface area contributed by atoms with Gasteiger partial charge >= 0.3 is 0 Å². The molecule has 162 valence electrons. The Hall–Kier alpha value is -2.81. The van der Waals surface area contributed by atoms with Crippen LogP contribution < -0.4 is 11.1 Å². The van der Waals surface area contributed by atoms with Gasteiger partial charge in [-0.05, 0) is 42.3 Å². The summed E-state index contributed by atoms with van der Waals surface area (Å²) in [5.74, 6) is -0.266. The highest BCUT2D eigenvalue weighted by molar-refractivity contribution is 7.89. The number of hydrogen-bond donors (Lipinski definition) is 2. The third-order valence-electron chi connectivity index (χ3n) is 5.71. The number of nitrogens with two attached hydrogens (primary N) is 1. The van der Waals surface area contributed by atoms with Gasteiger partial charge in [0.15, 0.2) is 0 Å². The van der Waals surface area contributed by atoms with Crippen molar-refractivity contribution in [2.45, 2.75) is 36.7 Å². The maximum absolute atomic E-state index is 13.3. The zero-order valence-electron chi connectivity index (χ0n) is 17.4. The SMILES string of the molecule is Cc1cncc2c(S(=O)(=O)N3CC[C@H](NC(=O)[C@@H](N)Cc4ccccc4)C3)cccc12. The predicted molar refractivity (Wildman–Crippen MR) is 120 cm³/mol. The van der Waals surface area contributed by atoms with Gasteiger partial charge in [0.2, 0.25) is 15.9 Å². The minimum Gasteiger partial charge on any atom is -0.351 e. The number of aromatic nitrogens is 1. The Morgan fingerprint density at radius 3 is 2.71 bits per heavy atom. The van der Waals surface area contributed by atoms with Crippen LogP contribution in [0.15, 0.2) is 65.8 Å². The summed E-state index contributed by atoms with van der Waals surface area (Å²) in [6.45, 7) is 2.48. The van der Waals surface area contributed by atoms with E-state index in [0.717, 1.165) is 16.5 Å². The first-order valence-electron chi connectivity index (χ1n) is 10.3. The standard InChI is InChI=1S/C23H26N4O3S/c1-16-13-25-14-20-19(16)8-5-9-22(20)31(29,30)27-11-10-18(15-27)26-23(28)21(24)12-17-6-3-2-4-7-17/h2-9,13-14,18,21H,10-12,15,24H2,1H3,(H,26,28)/t18-,21-/m0/s1. The first-order valence-corrected chi connectivity index (χ1v) is 11.7.